The molecule has 2 amide bonds. The van der Waals surface area contributed by atoms with Crippen molar-refractivity contribution in [3.05, 3.63) is 29.8 Å². The molecule has 6 nitrogen and oxygen atoms in total. The first-order chi connectivity index (χ1) is 11.2. The molecule has 0 radical (unpaired) electrons. The second-order valence-electron chi connectivity index (χ2n) is 5.48. The van der Waals surface area contributed by atoms with E-state index < -0.39 is 6.04 Å². The maximum atomic E-state index is 12.2. The lowest BCUT2D eigenvalue weighted by Gasteiger charge is -2.35. The molecule has 1 aromatic rings. The van der Waals surface area contributed by atoms with Gasteiger partial charge < -0.3 is 15.4 Å². The molecule has 126 valence electrons. The van der Waals surface area contributed by atoms with E-state index in [0.29, 0.717) is 26.2 Å². The highest BCUT2D eigenvalue weighted by molar-refractivity contribution is 5.88. The van der Waals surface area contributed by atoms with Crippen LogP contribution in [0.5, 0.6) is 5.75 Å². The SMILES string of the molecule is CCNC(=O)C[C@H]1C(=O)NCCN1Cc1ccccc1OCC. The maximum Gasteiger partial charge on any atom is 0.237 e. The highest BCUT2D eigenvalue weighted by atomic mass is 16.5. The number of benzene rings is 1. The van der Waals surface area contributed by atoms with Crippen LogP contribution in [0.2, 0.25) is 0 Å². The summed E-state index contributed by atoms with van der Waals surface area (Å²) in [6.45, 7) is 6.89. The van der Waals surface area contributed by atoms with Gasteiger partial charge in [0.2, 0.25) is 11.8 Å². The molecular weight excluding hydrogens is 294 g/mol. The number of nitrogens with one attached hydrogen (secondary N) is 2. The number of nitrogens with zero attached hydrogens (tertiary/aromatic N) is 1. The third-order valence-corrected chi connectivity index (χ3v) is 3.84. The van der Waals surface area contributed by atoms with E-state index in [-0.39, 0.29) is 18.2 Å². The van der Waals surface area contributed by atoms with E-state index >= 15 is 0 Å². The van der Waals surface area contributed by atoms with Gasteiger partial charge >= 0.3 is 0 Å². The summed E-state index contributed by atoms with van der Waals surface area (Å²) in [7, 11) is 0. The molecule has 1 aliphatic rings. The summed E-state index contributed by atoms with van der Waals surface area (Å²) in [5.41, 5.74) is 1.03. The van der Waals surface area contributed by atoms with Crippen molar-refractivity contribution in [2.75, 3.05) is 26.2 Å². The van der Waals surface area contributed by atoms with Crippen LogP contribution in [0.1, 0.15) is 25.8 Å². The van der Waals surface area contributed by atoms with Crippen molar-refractivity contribution < 1.29 is 14.3 Å². The Balaban J connectivity index is 2.12. The molecule has 2 rings (SSSR count). The van der Waals surface area contributed by atoms with Crippen molar-refractivity contribution >= 4 is 11.8 Å². The van der Waals surface area contributed by atoms with E-state index in [4.69, 9.17) is 4.74 Å². The van der Waals surface area contributed by atoms with Gasteiger partial charge in [-0.15, -0.1) is 0 Å². The Morgan fingerprint density at radius 2 is 2.17 bits per heavy atom. The van der Waals surface area contributed by atoms with Gasteiger partial charge in [-0.2, -0.15) is 0 Å². The highest BCUT2D eigenvalue weighted by Gasteiger charge is 2.31. The minimum Gasteiger partial charge on any atom is -0.494 e. The number of carbonyl (C=O) groups is 2. The van der Waals surface area contributed by atoms with Crippen molar-refractivity contribution in [3.8, 4) is 5.75 Å². The molecule has 1 aliphatic heterocycles. The Morgan fingerprint density at radius 3 is 2.91 bits per heavy atom. The summed E-state index contributed by atoms with van der Waals surface area (Å²) in [4.78, 5) is 26.1. The molecule has 1 atom stereocenters. The van der Waals surface area contributed by atoms with Crippen LogP contribution in [0, 0.1) is 0 Å². The number of ether oxygens (including phenoxy) is 1. The fraction of sp³-hybridized carbons (Fsp3) is 0.529. The van der Waals surface area contributed by atoms with E-state index in [1.807, 2.05) is 43.0 Å². The Hall–Kier alpha value is -2.08. The molecule has 1 fully saturated rings. The molecule has 23 heavy (non-hydrogen) atoms. The molecule has 0 unspecified atom stereocenters. The van der Waals surface area contributed by atoms with Crippen LogP contribution in [-0.2, 0) is 16.1 Å². The zero-order chi connectivity index (χ0) is 16.7. The first kappa shape index (κ1) is 17.3. The van der Waals surface area contributed by atoms with E-state index in [1.54, 1.807) is 0 Å². The molecule has 0 aliphatic carbocycles. The topological polar surface area (TPSA) is 70.7 Å². The summed E-state index contributed by atoms with van der Waals surface area (Å²) in [6.07, 6.45) is 0.177. The average Bonchev–Trinajstić information content (AvgIpc) is 2.53. The summed E-state index contributed by atoms with van der Waals surface area (Å²) in [6, 6.07) is 7.39. The number of amides is 2. The van der Waals surface area contributed by atoms with Gasteiger partial charge in [0.15, 0.2) is 0 Å². The van der Waals surface area contributed by atoms with Crippen LogP contribution < -0.4 is 15.4 Å². The number of rotatable bonds is 7. The Kier molecular flexibility index (Phi) is 6.40. The zero-order valence-corrected chi connectivity index (χ0v) is 13.8. The van der Waals surface area contributed by atoms with E-state index in [0.717, 1.165) is 17.9 Å². The summed E-state index contributed by atoms with van der Waals surface area (Å²) in [5, 5.41) is 5.60. The van der Waals surface area contributed by atoms with Gasteiger partial charge in [0.1, 0.15) is 5.75 Å². The van der Waals surface area contributed by atoms with Crippen LogP contribution >= 0.6 is 0 Å². The third kappa shape index (κ3) is 4.69. The van der Waals surface area contributed by atoms with Gasteiger partial charge in [0.05, 0.1) is 19.1 Å². The lowest BCUT2D eigenvalue weighted by molar-refractivity contribution is -0.134. The molecule has 0 spiro atoms. The van der Waals surface area contributed by atoms with Crippen LogP contribution in [0.15, 0.2) is 24.3 Å². The van der Waals surface area contributed by atoms with Crippen molar-refractivity contribution in [2.45, 2.75) is 32.9 Å². The van der Waals surface area contributed by atoms with E-state index in [2.05, 4.69) is 10.6 Å². The van der Waals surface area contributed by atoms with Crippen molar-refractivity contribution in [1.82, 2.24) is 15.5 Å². The predicted octanol–water partition coefficient (Wildman–Crippen LogP) is 0.912. The van der Waals surface area contributed by atoms with Crippen molar-refractivity contribution in [3.63, 3.8) is 0 Å². The maximum absolute atomic E-state index is 12.2. The van der Waals surface area contributed by atoms with Gasteiger partial charge in [0.25, 0.3) is 0 Å². The third-order valence-electron chi connectivity index (χ3n) is 3.84. The summed E-state index contributed by atoms with van der Waals surface area (Å²) >= 11 is 0. The van der Waals surface area contributed by atoms with E-state index in [9.17, 15) is 9.59 Å². The number of hydrogen-bond donors (Lipinski definition) is 2. The molecule has 0 aromatic heterocycles. The molecular formula is C17H25N3O3. The van der Waals surface area contributed by atoms with Gasteiger partial charge in [-0.05, 0) is 19.9 Å². The minimum absolute atomic E-state index is 0.0867. The molecule has 0 saturated carbocycles. The summed E-state index contributed by atoms with van der Waals surface area (Å²) < 4.78 is 5.65. The smallest absolute Gasteiger partial charge is 0.237 e. The first-order valence-electron chi connectivity index (χ1n) is 8.14. The molecule has 6 heteroatoms. The van der Waals surface area contributed by atoms with Crippen LogP contribution in [-0.4, -0.2) is 49.0 Å². The number of piperazine rings is 1. The van der Waals surface area contributed by atoms with Gasteiger partial charge in [-0.25, -0.2) is 0 Å². The highest BCUT2D eigenvalue weighted by Crippen LogP contribution is 2.22. The molecule has 2 N–H and O–H groups in total. The normalized spacial score (nSPS) is 18.3. The number of para-hydroxylation sites is 1. The second-order valence-corrected chi connectivity index (χ2v) is 5.48. The Morgan fingerprint density at radius 1 is 1.39 bits per heavy atom. The van der Waals surface area contributed by atoms with Crippen molar-refractivity contribution in [2.24, 2.45) is 0 Å². The Bertz CT molecular complexity index is 548. The number of carbonyl (C=O) groups excluding carboxylic acids is 2. The molecule has 1 heterocycles. The first-order valence-corrected chi connectivity index (χ1v) is 8.14. The molecule has 1 aromatic carbocycles. The quantitative estimate of drug-likeness (QED) is 0.784. The second kappa shape index (κ2) is 8.53. The van der Waals surface area contributed by atoms with Crippen LogP contribution in [0.25, 0.3) is 0 Å². The van der Waals surface area contributed by atoms with E-state index in [1.165, 1.54) is 0 Å². The summed E-state index contributed by atoms with van der Waals surface area (Å²) in [5.74, 6) is 0.645. The number of hydrogen-bond acceptors (Lipinski definition) is 4. The minimum atomic E-state index is -0.440. The van der Waals surface area contributed by atoms with Gasteiger partial charge in [0, 0.05) is 31.7 Å². The van der Waals surface area contributed by atoms with Gasteiger partial charge in [-0.3, -0.25) is 14.5 Å². The van der Waals surface area contributed by atoms with Gasteiger partial charge in [-0.1, -0.05) is 18.2 Å². The molecule has 0 bridgehead atoms. The largest absolute Gasteiger partial charge is 0.494 e. The Labute approximate surface area is 137 Å². The monoisotopic (exact) mass is 319 g/mol. The lowest BCUT2D eigenvalue weighted by Crippen LogP contribution is -2.56. The van der Waals surface area contributed by atoms with Crippen LogP contribution in [0.3, 0.4) is 0 Å². The fourth-order valence-corrected chi connectivity index (χ4v) is 2.77. The predicted molar refractivity (Wildman–Crippen MR) is 88.1 cm³/mol. The lowest BCUT2D eigenvalue weighted by atomic mass is 10.1. The molecule has 1 saturated heterocycles. The zero-order valence-electron chi connectivity index (χ0n) is 13.8. The average molecular weight is 319 g/mol. The fourth-order valence-electron chi connectivity index (χ4n) is 2.77. The van der Waals surface area contributed by atoms with Crippen molar-refractivity contribution in [1.29, 1.82) is 0 Å². The van der Waals surface area contributed by atoms with Crippen LogP contribution in [0.4, 0.5) is 0 Å². The standard InChI is InChI=1S/C17H25N3O3/c1-3-18-16(21)11-14-17(22)19-9-10-20(14)12-13-7-5-6-8-15(13)23-4-2/h5-8,14H,3-4,9-12H2,1-2H3,(H,18,21)(H,19,22)/t14-/m0/s1.